The first-order chi connectivity index (χ1) is 11.0. The predicted molar refractivity (Wildman–Crippen MR) is 78.8 cm³/mol. The zero-order chi connectivity index (χ0) is 16.8. The van der Waals surface area contributed by atoms with Crippen LogP contribution in [0.5, 0.6) is 5.88 Å². The molecule has 2 amide bonds. The van der Waals surface area contributed by atoms with Crippen LogP contribution >= 0.6 is 0 Å². The van der Waals surface area contributed by atoms with Crippen molar-refractivity contribution in [2.75, 3.05) is 5.01 Å². The Morgan fingerprint density at radius 1 is 1.39 bits per heavy atom. The Morgan fingerprint density at radius 3 is 2.70 bits per heavy atom. The van der Waals surface area contributed by atoms with Crippen LogP contribution in [0.15, 0.2) is 36.5 Å². The molecule has 0 aliphatic carbocycles. The van der Waals surface area contributed by atoms with E-state index >= 15 is 0 Å². The lowest BCUT2D eigenvalue weighted by molar-refractivity contribution is -0.386. The number of hydrogen-bond acceptors (Lipinski definition) is 8. The molecule has 5 N–H and O–H groups in total. The molecule has 1 heterocycles. The third kappa shape index (κ3) is 3.87. The summed E-state index contributed by atoms with van der Waals surface area (Å²) in [6, 6.07) is 8.09. The summed E-state index contributed by atoms with van der Waals surface area (Å²) >= 11 is 0. The molecule has 1 aromatic heterocycles. The highest BCUT2D eigenvalue weighted by molar-refractivity contribution is 5.88. The molecular weight excluding hydrogens is 306 g/mol. The van der Waals surface area contributed by atoms with Crippen LogP contribution in [0.3, 0.4) is 0 Å². The van der Waals surface area contributed by atoms with Gasteiger partial charge in [0.2, 0.25) is 0 Å². The first-order valence-electron chi connectivity index (χ1n) is 6.26. The van der Waals surface area contributed by atoms with Gasteiger partial charge in [-0.25, -0.2) is 21.5 Å². The van der Waals surface area contributed by atoms with Crippen LogP contribution < -0.4 is 26.9 Å². The molecule has 0 aliphatic heterocycles. The third-order valence-corrected chi connectivity index (χ3v) is 2.70. The van der Waals surface area contributed by atoms with Crippen LogP contribution in [0.25, 0.3) is 0 Å². The molecule has 0 unspecified atom stereocenters. The normalized spacial score (nSPS) is 10.0. The molecule has 120 valence electrons. The van der Waals surface area contributed by atoms with Crippen LogP contribution in [0, 0.1) is 10.1 Å². The summed E-state index contributed by atoms with van der Waals surface area (Å²) in [6.07, 6.45) is 0.895. The number of rotatable bonds is 5. The molecule has 11 nitrogen and oxygen atoms in total. The minimum absolute atomic E-state index is 0.0474. The van der Waals surface area contributed by atoms with Gasteiger partial charge in [0.15, 0.2) is 0 Å². The summed E-state index contributed by atoms with van der Waals surface area (Å²) in [5.41, 5.74) is 2.12. The monoisotopic (exact) mass is 319 g/mol. The maximum absolute atomic E-state index is 11.3. The first kappa shape index (κ1) is 16.1. The van der Waals surface area contributed by atoms with Gasteiger partial charge in [-0.05, 0) is 5.56 Å². The van der Waals surface area contributed by atoms with Crippen LogP contribution in [-0.4, -0.2) is 20.9 Å². The number of carbonyl (C=O) groups excluding carboxylic acids is 1. The van der Waals surface area contributed by atoms with E-state index in [1.807, 2.05) is 6.07 Å². The van der Waals surface area contributed by atoms with Crippen molar-refractivity contribution in [3.8, 4) is 5.88 Å². The van der Waals surface area contributed by atoms with Crippen molar-refractivity contribution in [1.82, 2.24) is 15.4 Å². The van der Waals surface area contributed by atoms with Crippen molar-refractivity contribution >= 4 is 17.7 Å². The lowest BCUT2D eigenvalue weighted by Gasteiger charge is -2.14. The largest absolute Gasteiger partial charge is 0.468 e. The third-order valence-electron chi connectivity index (χ3n) is 2.70. The van der Waals surface area contributed by atoms with Gasteiger partial charge < -0.3 is 4.74 Å². The van der Waals surface area contributed by atoms with Gasteiger partial charge in [0, 0.05) is 0 Å². The number of benzene rings is 1. The molecule has 0 bridgehead atoms. The Morgan fingerprint density at radius 2 is 2.09 bits per heavy atom. The summed E-state index contributed by atoms with van der Waals surface area (Å²) < 4.78 is 5.35. The number of nitro groups is 1. The van der Waals surface area contributed by atoms with E-state index in [9.17, 15) is 14.9 Å². The Balaban J connectivity index is 2.27. The van der Waals surface area contributed by atoms with Gasteiger partial charge in [-0.1, -0.05) is 30.3 Å². The highest BCUT2D eigenvalue weighted by atomic mass is 16.6. The van der Waals surface area contributed by atoms with Gasteiger partial charge in [-0.2, -0.15) is 9.99 Å². The van der Waals surface area contributed by atoms with E-state index in [4.69, 9.17) is 16.4 Å². The van der Waals surface area contributed by atoms with E-state index in [0.29, 0.717) is 5.01 Å². The van der Waals surface area contributed by atoms with Crippen molar-refractivity contribution in [3.63, 3.8) is 0 Å². The van der Waals surface area contributed by atoms with E-state index in [1.54, 1.807) is 29.7 Å². The van der Waals surface area contributed by atoms with E-state index in [2.05, 4.69) is 9.97 Å². The standard InChI is InChI=1S/C12H13N7O4/c13-17-12(20)18(14)11-15-6-9(19(21)22)10(16-11)23-7-8-4-2-1-3-5-8/h1-6H,7,13-14H2,(H,17,20). The van der Waals surface area contributed by atoms with E-state index in [1.165, 1.54) is 0 Å². The Labute approximate surface area is 130 Å². The molecule has 0 spiro atoms. The fourth-order valence-corrected chi connectivity index (χ4v) is 1.58. The minimum Gasteiger partial charge on any atom is -0.468 e. The fourth-order valence-electron chi connectivity index (χ4n) is 1.58. The molecule has 0 saturated carbocycles. The second-order valence-electron chi connectivity index (χ2n) is 4.21. The molecule has 1 aromatic carbocycles. The van der Waals surface area contributed by atoms with Crippen LogP contribution in [0.4, 0.5) is 16.4 Å². The molecule has 0 fully saturated rings. The van der Waals surface area contributed by atoms with Crippen molar-refractivity contribution in [3.05, 3.63) is 52.2 Å². The van der Waals surface area contributed by atoms with Crippen LogP contribution in [0.2, 0.25) is 0 Å². The quantitative estimate of drug-likeness (QED) is 0.305. The van der Waals surface area contributed by atoms with Crippen molar-refractivity contribution in [2.45, 2.75) is 6.61 Å². The molecule has 0 atom stereocenters. The van der Waals surface area contributed by atoms with Gasteiger partial charge in [-0.15, -0.1) is 0 Å². The number of urea groups is 1. The summed E-state index contributed by atoms with van der Waals surface area (Å²) in [5.74, 6) is 9.77. The smallest absolute Gasteiger partial charge is 0.353 e. The van der Waals surface area contributed by atoms with Crippen LogP contribution in [-0.2, 0) is 6.61 Å². The number of nitrogens with zero attached hydrogens (tertiary/aromatic N) is 4. The summed E-state index contributed by atoms with van der Waals surface area (Å²) in [6.45, 7) is 0.0474. The second-order valence-corrected chi connectivity index (χ2v) is 4.21. The molecule has 2 rings (SSSR count). The molecule has 0 saturated heterocycles. The Kier molecular flexibility index (Phi) is 4.96. The molecule has 23 heavy (non-hydrogen) atoms. The van der Waals surface area contributed by atoms with Gasteiger partial charge >= 0.3 is 11.7 Å². The molecule has 2 aromatic rings. The van der Waals surface area contributed by atoms with Crippen molar-refractivity contribution in [2.24, 2.45) is 11.7 Å². The highest BCUT2D eigenvalue weighted by Gasteiger charge is 2.22. The number of nitrogens with two attached hydrogens (primary N) is 2. The SMILES string of the molecule is NNC(=O)N(N)c1ncc([N+](=O)[O-])c(OCc2ccccc2)n1. The lowest BCUT2D eigenvalue weighted by Crippen LogP contribution is -2.48. The second kappa shape index (κ2) is 7.11. The van der Waals surface area contributed by atoms with Crippen molar-refractivity contribution < 1.29 is 14.5 Å². The van der Waals surface area contributed by atoms with E-state index in [0.717, 1.165) is 11.8 Å². The zero-order valence-electron chi connectivity index (χ0n) is 11.7. The zero-order valence-corrected chi connectivity index (χ0v) is 11.7. The van der Waals surface area contributed by atoms with Gasteiger partial charge in [0.05, 0.1) is 4.92 Å². The molecular formula is C12H13N7O4. The van der Waals surface area contributed by atoms with Gasteiger partial charge in [-0.3, -0.25) is 15.5 Å². The summed E-state index contributed by atoms with van der Waals surface area (Å²) in [5, 5.41) is 11.5. The first-order valence-corrected chi connectivity index (χ1v) is 6.26. The van der Waals surface area contributed by atoms with Crippen molar-refractivity contribution in [1.29, 1.82) is 0 Å². The topological polar surface area (TPSA) is 163 Å². The number of carbonyl (C=O) groups is 1. The Bertz CT molecular complexity index is 710. The number of anilines is 1. The van der Waals surface area contributed by atoms with Crippen LogP contribution in [0.1, 0.15) is 5.56 Å². The molecule has 0 radical (unpaired) electrons. The van der Waals surface area contributed by atoms with Gasteiger partial charge in [0.25, 0.3) is 11.8 Å². The predicted octanol–water partition coefficient (Wildman–Crippen LogP) is 0.227. The van der Waals surface area contributed by atoms with E-state index < -0.39 is 16.6 Å². The average Bonchev–Trinajstić information content (AvgIpc) is 2.59. The number of hydrogen-bond donors (Lipinski definition) is 3. The number of amides is 2. The summed E-state index contributed by atoms with van der Waals surface area (Å²) in [4.78, 5) is 29.1. The average molecular weight is 319 g/mol. The highest BCUT2D eigenvalue weighted by Crippen LogP contribution is 2.26. The Hall–Kier alpha value is -3.31. The number of aromatic nitrogens is 2. The molecule has 0 aliphatic rings. The minimum atomic E-state index is -0.895. The van der Waals surface area contributed by atoms with E-state index in [-0.39, 0.29) is 18.4 Å². The number of hydrazine groups is 2. The lowest BCUT2D eigenvalue weighted by atomic mass is 10.2. The number of nitrogens with one attached hydrogen (secondary N) is 1. The maximum atomic E-state index is 11.3. The number of ether oxygens (including phenoxy) is 1. The maximum Gasteiger partial charge on any atom is 0.353 e. The molecule has 11 heteroatoms. The summed E-state index contributed by atoms with van der Waals surface area (Å²) in [7, 11) is 0. The fraction of sp³-hybridized carbons (Fsp3) is 0.0833. The van der Waals surface area contributed by atoms with Gasteiger partial charge in [0.1, 0.15) is 12.8 Å².